The summed E-state index contributed by atoms with van der Waals surface area (Å²) in [5.74, 6) is 0. The lowest BCUT2D eigenvalue weighted by Crippen LogP contribution is -2.57. The van der Waals surface area contributed by atoms with Crippen LogP contribution >= 0.6 is 11.6 Å². The summed E-state index contributed by atoms with van der Waals surface area (Å²) in [5, 5.41) is 0.190. The number of nitrogens with zero attached hydrogens (tertiary/aromatic N) is 2. The lowest BCUT2D eigenvalue weighted by molar-refractivity contribution is 0.0657. The molecule has 0 radical (unpaired) electrons. The molecule has 0 amide bonds. The number of pyridine rings is 1. The highest BCUT2D eigenvalue weighted by Crippen LogP contribution is 2.35. The van der Waals surface area contributed by atoms with Crippen molar-refractivity contribution in [2.75, 3.05) is 20.6 Å². The normalized spacial score (nSPS) is 18.3. The first-order chi connectivity index (χ1) is 8.87. The van der Waals surface area contributed by atoms with Crippen LogP contribution in [0.2, 0.25) is 5.02 Å². The summed E-state index contributed by atoms with van der Waals surface area (Å²) in [7, 11) is 0.348. The zero-order chi connectivity index (χ0) is 14.1. The van der Waals surface area contributed by atoms with E-state index in [2.05, 4.69) is 14.6 Å². The summed E-state index contributed by atoms with van der Waals surface area (Å²) in [4.78, 5) is 5.93. The molecule has 1 aromatic heterocycles. The molecule has 1 aliphatic rings. The molecular weight excluding hydrogens is 286 g/mol. The van der Waals surface area contributed by atoms with Crippen molar-refractivity contribution in [3.63, 3.8) is 0 Å². The Morgan fingerprint density at radius 3 is 2.63 bits per heavy atom. The highest BCUT2D eigenvalue weighted by molar-refractivity contribution is 7.89. The van der Waals surface area contributed by atoms with Crippen molar-refractivity contribution in [3.8, 4) is 0 Å². The molecular formula is C12H18ClN3O2S. The van der Waals surface area contributed by atoms with E-state index in [1.54, 1.807) is 0 Å². The van der Waals surface area contributed by atoms with E-state index in [0.29, 0.717) is 6.54 Å². The van der Waals surface area contributed by atoms with Crippen LogP contribution in [0.25, 0.3) is 0 Å². The summed E-state index contributed by atoms with van der Waals surface area (Å²) in [5.41, 5.74) is -0.0677. The van der Waals surface area contributed by atoms with Gasteiger partial charge in [0.1, 0.15) is 4.90 Å². The van der Waals surface area contributed by atoms with Crippen molar-refractivity contribution in [2.45, 2.75) is 29.7 Å². The predicted octanol–water partition coefficient (Wildman–Crippen LogP) is 1.50. The summed E-state index contributed by atoms with van der Waals surface area (Å²) in [6.07, 6.45) is 5.88. The standard InChI is InChI=1S/C12H18ClN3O2S/c1-16(2)12(5-3-6-12)9-15-19(17,18)11-8-14-7-4-10(11)13/h4,7-8,15H,3,5-6,9H2,1-2H3. The third-order valence-corrected chi connectivity index (χ3v) is 5.72. The number of sulfonamides is 1. The van der Waals surface area contributed by atoms with Gasteiger partial charge < -0.3 is 4.90 Å². The molecule has 0 aliphatic heterocycles. The zero-order valence-corrected chi connectivity index (χ0v) is 12.6. The van der Waals surface area contributed by atoms with Gasteiger partial charge in [-0.2, -0.15) is 0 Å². The van der Waals surface area contributed by atoms with Crippen LogP contribution in [0.4, 0.5) is 0 Å². The maximum Gasteiger partial charge on any atom is 0.243 e. The maximum absolute atomic E-state index is 12.2. The van der Waals surface area contributed by atoms with Gasteiger partial charge in [-0.25, -0.2) is 13.1 Å². The average molecular weight is 304 g/mol. The van der Waals surface area contributed by atoms with Gasteiger partial charge in [0.2, 0.25) is 10.0 Å². The molecule has 7 heteroatoms. The number of rotatable bonds is 5. The second kappa shape index (κ2) is 5.36. The topological polar surface area (TPSA) is 62.3 Å². The SMILES string of the molecule is CN(C)C1(CNS(=O)(=O)c2cnccc2Cl)CCC1. The Morgan fingerprint density at radius 1 is 1.47 bits per heavy atom. The van der Waals surface area contributed by atoms with E-state index >= 15 is 0 Å². The molecule has 0 aromatic carbocycles. The summed E-state index contributed by atoms with van der Waals surface area (Å²) >= 11 is 5.90. The Labute approximate surface area is 119 Å². The number of hydrogen-bond donors (Lipinski definition) is 1. The predicted molar refractivity (Wildman–Crippen MR) is 74.7 cm³/mol. The fourth-order valence-corrected chi connectivity index (χ4v) is 3.78. The van der Waals surface area contributed by atoms with Crippen molar-refractivity contribution in [1.82, 2.24) is 14.6 Å². The van der Waals surface area contributed by atoms with Crippen molar-refractivity contribution in [1.29, 1.82) is 0 Å². The average Bonchev–Trinajstić information content (AvgIpc) is 2.27. The van der Waals surface area contributed by atoms with Crippen LogP contribution in [0.15, 0.2) is 23.4 Å². The van der Waals surface area contributed by atoms with Crippen molar-refractivity contribution >= 4 is 21.6 Å². The van der Waals surface area contributed by atoms with E-state index in [4.69, 9.17) is 11.6 Å². The van der Waals surface area contributed by atoms with Gasteiger partial charge in [0.15, 0.2) is 0 Å². The molecule has 106 valence electrons. The molecule has 0 spiro atoms. The number of nitrogens with one attached hydrogen (secondary N) is 1. The Bertz CT molecular complexity index is 556. The second-order valence-corrected chi connectivity index (χ2v) is 7.25. The van der Waals surface area contributed by atoms with E-state index in [0.717, 1.165) is 19.3 Å². The van der Waals surface area contributed by atoms with E-state index in [1.807, 2.05) is 14.1 Å². The van der Waals surface area contributed by atoms with Crippen LogP contribution in [0.5, 0.6) is 0 Å². The van der Waals surface area contributed by atoms with E-state index in [-0.39, 0.29) is 15.5 Å². The van der Waals surface area contributed by atoms with Gasteiger partial charge in [0.05, 0.1) is 5.02 Å². The lowest BCUT2D eigenvalue weighted by atomic mass is 9.76. The molecule has 0 unspecified atom stereocenters. The molecule has 0 bridgehead atoms. The minimum Gasteiger partial charge on any atom is -0.302 e. The van der Waals surface area contributed by atoms with Gasteiger partial charge in [-0.05, 0) is 39.4 Å². The minimum absolute atomic E-state index is 0.0323. The zero-order valence-electron chi connectivity index (χ0n) is 11.1. The highest BCUT2D eigenvalue weighted by Gasteiger charge is 2.40. The first-order valence-corrected chi connectivity index (χ1v) is 8.00. The molecule has 19 heavy (non-hydrogen) atoms. The molecule has 1 heterocycles. The highest BCUT2D eigenvalue weighted by atomic mass is 35.5. The van der Waals surface area contributed by atoms with Crippen molar-refractivity contribution in [3.05, 3.63) is 23.5 Å². The van der Waals surface area contributed by atoms with E-state index in [9.17, 15) is 8.42 Å². The van der Waals surface area contributed by atoms with Gasteiger partial charge in [0, 0.05) is 24.5 Å². The van der Waals surface area contributed by atoms with E-state index in [1.165, 1.54) is 18.5 Å². The molecule has 0 atom stereocenters. The van der Waals surface area contributed by atoms with Crippen LogP contribution in [0.3, 0.4) is 0 Å². The van der Waals surface area contributed by atoms with E-state index < -0.39 is 10.0 Å². The number of halogens is 1. The minimum atomic E-state index is -3.60. The fraction of sp³-hybridized carbons (Fsp3) is 0.583. The lowest BCUT2D eigenvalue weighted by Gasteiger charge is -2.47. The van der Waals surface area contributed by atoms with Crippen LogP contribution < -0.4 is 4.72 Å². The largest absolute Gasteiger partial charge is 0.302 e. The summed E-state index contributed by atoms with van der Waals surface area (Å²) in [6.45, 7) is 0.396. The number of aromatic nitrogens is 1. The summed E-state index contributed by atoms with van der Waals surface area (Å²) in [6, 6.07) is 1.47. The molecule has 2 rings (SSSR count). The van der Waals surface area contributed by atoms with Gasteiger partial charge in [-0.1, -0.05) is 11.6 Å². The molecule has 1 N–H and O–H groups in total. The molecule has 1 saturated carbocycles. The van der Waals surface area contributed by atoms with Crippen LogP contribution in [-0.2, 0) is 10.0 Å². The van der Waals surface area contributed by atoms with Crippen LogP contribution in [0.1, 0.15) is 19.3 Å². The van der Waals surface area contributed by atoms with Crippen molar-refractivity contribution in [2.24, 2.45) is 0 Å². The Kier molecular flexibility index (Phi) is 4.15. The van der Waals surface area contributed by atoms with Gasteiger partial charge in [-0.3, -0.25) is 4.98 Å². The third kappa shape index (κ3) is 2.91. The third-order valence-electron chi connectivity index (χ3n) is 3.85. The number of hydrogen-bond acceptors (Lipinski definition) is 4. The molecule has 1 aromatic rings. The smallest absolute Gasteiger partial charge is 0.243 e. The number of likely N-dealkylation sites (N-methyl/N-ethyl adjacent to an activating group) is 1. The van der Waals surface area contributed by atoms with Gasteiger partial charge in [-0.15, -0.1) is 0 Å². The van der Waals surface area contributed by atoms with Gasteiger partial charge >= 0.3 is 0 Å². The maximum atomic E-state index is 12.2. The second-order valence-electron chi connectivity index (χ2n) is 5.10. The van der Waals surface area contributed by atoms with Crippen molar-refractivity contribution < 1.29 is 8.42 Å². The van der Waals surface area contributed by atoms with Gasteiger partial charge in [0.25, 0.3) is 0 Å². The van der Waals surface area contributed by atoms with Crippen LogP contribution in [0, 0.1) is 0 Å². The summed E-state index contributed by atoms with van der Waals surface area (Å²) < 4.78 is 27.1. The monoisotopic (exact) mass is 303 g/mol. The first-order valence-electron chi connectivity index (χ1n) is 6.14. The Balaban J connectivity index is 2.13. The molecule has 1 aliphatic carbocycles. The Morgan fingerprint density at radius 2 is 2.16 bits per heavy atom. The molecule has 1 fully saturated rings. The molecule has 5 nitrogen and oxygen atoms in total. The first kappa shape index (κ1) is 14.7. The fourth-order valence-electron chi connectivity index (χ4n) is 2.23. The molecule has 0 saturated heterocycles. The quantitative estimate of drug-likeness (QED) is 0.895. The Hall–Kier alpha value is -0.690. The van der Waals surface area contributed by atoms with Crippen LogP contribution in [-0.4, -0.2) is 44.5 Å².